The summed E-state index contributed by atoms with van der Waals surface area (Å²) in [6, 6.07) is 1.49. The summed E-state index contributed by atoms with van der Waals surface area (Å²) in [7, 11) is -28.9. The molecule has 26 nitrogen and oxygen atoms in total. The third-order valence-electron chi connectivity index (χ3n) is 5.86. The second-order valence-electron chi connectivity index (χ2n) is 9.30. The SMILES string of the molecule is Nc1ccnc2c1ncn2[C@H]1C[C@@H](O)[C@@H](COP(=O)(O)OP(=O)(O)OP(=O)(O)OP(=O)(O)O[PH](=O)OC2=C(O)[C@@H]([C@@H](O)CO)OC2=O)O1. The quantitative estimate of drug-likeness (QED) is 0.0771. The van der Waals surface area contributed by atoms with Gasteiger partial charge in [0.15, 0.2) is 17.5 Å². The zero-order valence-electron chi connectivity index (χ0n) is 23.2. The number of aliphatic hydroxyl groups is 4. The number of anilines is 1. The Morgan fingerprint density at radius 1 is 1.06 bits per heavy atom. The summed E-state index contributed by atoms with van der Waals surface area (Å²) in [6.07, 6.45) is -4.83. The Bertz CT molecular complexity index is 1800. The van der Waals surface area contributed by atoms with Crippen molar-refractivity contribution in [2.24, 2.45) is 0 Å². The molecule has 2 aromatic heterocycles. The first-order chi connectivity index (χ1) is 22.1. The van der Waals surface area contributed by atoms with Gasteiger partial charge < -0.3 is 59.7 Å². The van der Waals surface area contributed by atoms with E-state index in [4.69, 9.17) is 15.6 Å². The van der Waals surface area contributed by atoms with E-state index < -0.39 is 101 Å². The van der Waals surface area contributed by atoms with E-state index in [0.717, 1.165) is 0 Å². The molecule has 2 aromatic rings. The van der Waals surface area contributed by atoms with Gasteiger partial charge in [0.05, 0.1) is 31.3 Å². The predicted octanol–water partition coefficient (Wildman–Crippen LogP) is -0.399. The highest BCUT2D eigenvalue weighted by Crippen LogP contribution is 2.72. The lowest BCUT2D eigenvalue weighted by molar-refractivity contribution is -0.147. The number of phosphoric acid groups is 4. The predicted molar refractivity (Wildman–Crippen MR) is 149 cm³/mol. The van der Waals surface area contributed by atoms with Crippen LogP contribution in [0, 0.1) is 0 Å². The van der Waals surface area contributed by atoms with Crippen LogP contribution in [0.2, 0.25) is 0 Å². The van der Waals surface area contributed by atoms with E-state index in [0.29, 0.717) is 11.2 Å². The number of esters is 1. The lowest BCUT2D eigenvalue weighted by atomic mass is 10.2. The van der Waals surface area contributed by atoms with Gasteiger partial charge in [0.2, 0.25) is 0 Å². The number of ether oxygens (including phenoxy) is 2. The molecule has 10 atom stereocenters. The number of hydrogen-bond acceptors (Lipinski definition) is 21. The highest BCUT2D eigenvalue weighted by molar-refractivity contribution is 7.70. The maximum atomic E-state index is 12.3. The van der Waals surface area contributed by atoms with Crippen LogP contribution in [0.5, 0.6) is 0 Å². The molecule has 0 radical (unpaired) electrons. The average molecular weight is 792 g/mol. The first-order valence-corrected chi connectivity index (χ1v) is 19.7. The maximum absolute atomic E-state index is 12.3. The number of hydrogen-bond donors (Lipinski definition) is 9. The number of aliphatic hydroxyl groups excluding tert-OH is 4. The average Bonchev–Trinajstić information content (AvgIpc) is 3.61. The number of nitrogens with zero attached hydrogens (tertiary/aromatic N) is 3. The number of fused-ring (bicyclic) bond motifs is 1. The summed E-state index contributed by atoms with van der Waals surface area (Å²) in [5, 5.41) is 38.5. The topological polar surface area (TPSA) is 395 Å². The fourth-order valence-corrected chi connectivity index (χ4v) is 10.1. The van der Waals surface area contributed by atoms with Gasteiger partial charge in [0.25, 0.3) is 5.76 Å². The van der Waals surface area contributed by atoms with Crippen molar-refractivity contribution in [1.82, 2.24) is 14.5 Å². The minimum atomic E-state index is -6.32. The second-order valence-corrected chi connectivity index (χ2v) is 16.7. The van der Waals surface area contributed by atoms with Gasteiger partial charge in [0.1, 0.15) is 24.0 Å². The van der Waals surface area contributed by atoms with Crippen molar-refractivity contribution < 1.29 is 103 Å². The van der Waals surface area contributed by atoms with Crippen molar-refractivity contribution >= 4 is 62.4 Å². The van der Waals surface area contributed by atoms with Gasteiger partial charge >= 0.3 is 45.5 Å². The number of imidazole rings is 1. The molecule has 1 saturated heterocycles. The molecule has 2 aliphatic heterocycles. The van der Waals surface area contributed by atoms with Gasteiger partial charge in [-0.25, -0.2) is 37.6 Å². The molecule has 270 valence electrons. The molecule has 48 heavy (non-hydrogen) atoms. The monoisotopic (exact) mass is 792 g/mol. The molecule has 1 fully saturated rings. The van der Waals surface area contributed by atoms with E-state index in [9.17, 15) is 62.5 Å². The summed E-state index contributed by atoms with van der Waals surface area (Å²) >= 11 is 0. The fraction of sp³-hybridized carbons (Fsp3) is 0.471. The van der Waals surface area contributed by atoms with Crippen molar-refractivity contribution in [3.63, 3.8) is 0 Å². The molecule has 0 spiro atoms. The molecule has 0 amide bonds. The number of phosphoric ester groups is 1. The molecule has 0 aliphatic carbocycles. The highest BCUT2D eigenvalue weighted by Gasteiger charge is 2.48. The van der Waals surface area contributed by atoms with Gasteiger partial charge in [-0.15, -0.1) is 0 Å². The molecule has 5 unspecified atom stereocenters. The number of nitrogen functional groups attached to an aromatic ring is 1. The number of aromatic nitrogens is 3. The van der Waals surface area contributed by atoms with Crippen molar-refractivity contribution in [2.45, 2.75) is 37.1 Å². The number of pyridine rings is 1. The normalized spacial score (nSPS) is 27.9. The number of carbonyl (C=O) groups is 1. The van der Waals surface area contributed by atoms with Gasteiger partial charge in [-0.3, -0.25) is 9.09 Å². The van der Waals surface area contributed by atoms with Gasteiger partial charge in [-0.1, -0.05) is 0 Å². The van der Waals surface area contributed by atoms with Crippen LogP contribution in [0.25, 0.3) is 11.2 Å². The molecule has 0 saturated carbocycles. The van der Waals surface area contributed by atoms with Crippen LogP contribution in [0.4, 0.5) is 5.69 Å². The highest BCUT2D eigenvalue weighted by atomic mass is 31.3. The summed E-state index contributed by atoms with van der Waals surface area (Å²) < 4.78 is 95.7. The van der Waals surface area contributed by atoms with E-state index in [1.807, 2.05) is 0 Å². The van der Waals surface area contributed by atoms with E-state index in [1.54, 1.807) is 0 Å². The molecule has 31 heteroatoms. The smallest absolute Gasteiger partial charge is 0.490 e. The van der Waals surface area contributed by atoms with Crippen molar-refractivity contribution in [2.75, 3.05) is 18.9 Å². The fourth-order valence-electron chi connectivity index (χ4n) is 3.93. The minimum absolute atomic E-state index is 0.115. The van der Waals surface area contributed by atoms with Gasteiger partial charge in [-0.2, -0.15) is 17.2 Å². The summed E-state index contributed by atoms with van der Waals surface area (Å²) in [6.45, 7) is -2.01. The van der Waals surface area contributed by atoms with Crippen molar-refractivity contribution in [3.05, 3.63) is 30.1 Å². The lowest BCUT2D eigenvalue weighted by Gasteiger charge is -2.20. The standard InChI is InChI=1S/C17H25N4O22P5/c18-7-1-2-19-16-12(7)20-6-21(16)11-3-8(23)10(37-11)5-36-45(28,29)41-47(32,33)43-48(34,35)42-46(30,31)40-44(27)39-15-13(25)14(9(24)4-22)38-17(15)26/h1-2,6,8-11,14,22-25,44H,3-5H2,(H2,18,19)(H,28,29)(H,30,31)(H,32,33)(H,34,35)/t8-,9+,10-,11-,14-/m1/s1. The molecular weight excluding hydrogens is 767 g/mol. The zero-order chi connectivity index (χ0) is 35.8. The number of nitrogens with two attached hydrogens (primary N) is 1. The van der Waals surface area contributed by atoms with Gasteiger partial charge in [-0.05, 0) is 6.07 Å². The Labute approximate surface area is 266 Å². The van der Waals surface area contributed by atoms with Crippen LogP contribution in [-0.2, 0) is 63.4 Å². The molecule has 10 N–H and O–H groups in total. The molecule has 0 bridgehead atoms. The summed E-state index contributed by atoms with van der Waals surface area (Å²) in [4.78, 5) is 58.7. The Balaban J connectivity index is 1.30. The largest absolute Gasteiger partial charge is 0.505 e. The van der Waals surface area contributed by atoms with E-state index in [1.165, 1.54) is 23.2 Å². The minimum Gasteiger partial charge on any atom is -0.505 e. The zero-order valence-corrected chi connectivity index (χ0v) is 27.8. The Kier molecular flexibility index (Phi) is 11.8. The third kappa shape index (κ3) is 9.55. The Morgan fingerprint density at radius 3 is 2.33 bits per heavy atom. The van der Waals surface area contributed by atoms with Crippen molar-refractivity contribution in [3.8, 4) is 0 Å². The maximum Gasteiger partial charge on any atom is 0.490 e. The van der Waals surface area contributed by atoms with Crippen LogP contribution in [0.3, 0.4) is 0 Å². The van der Waals surface area contributed by atoms with Crippen LogP contribution < -0.4 is 5.73 Å². The third-order valence-corrected chi connectivity index (χ3v) is 13.2. The van der Waals surface area contributed by atoms with Crippen molar-refractivity contribution in [1.29, 1.82) is 0 Å². The summed E-state index contributed by atoms with van der Waals surface area (Å²) in [5.41, 5.74) is 6.73. The second kappa shape index (κ2) is 14.6. The van der Waals surface area contributed by atoms with Crippen LogP contribution >= 0.6 is 39.5 Å². The lowest BCUT2D eigenvalue weighted by Crippen LogP contribution is -2.31. The first kappa shape index (κ1) is 38.7. The Hall–Kier alpha value is -2.14. The van der Waals surface area contributed by atoms with E-state index in [2.05, 4.69) is 41.0 Å². The first-order valence-electron chi connectivity index (χ1n) is 12.5. The summed E-state index contributed by atoms with van der Waals surface area (Å²) in [5.74, 6) is -4.14. The van der Waals surface area contributed by atoms with E-state index >= 15 is 0 Å². The molecular formula is C17H25N4O22P5. The Morgan fingerprint density at radius 2 is 1.69 bits per heavy atom. The molecule has 0 aromatic carbocycles. The van der Waals surface area contributed by atoms with Crippen LogP contribution in [-0.4, -0.2) is 98.1 Å². The molecule has 2 aliphatic rings. The van der Waals surface area contributed by atoms with E-state index in [-0.39, 0.29) is 12.1 Å². The molecule has 4 rings (SSSR count). The number of cyclic esters (lactones) is 1. The van der Waals surface area contributed by atoms with Gasteiger partial charge in [0, 0.05) is 12.6 Å². The van der Waals surface area contributed by atoms with Crippen LogP contribution in [0.15, 0.2) is 30.1 Å². The van der Waals surface area contributed by atoms with Crippen LogP contribution in [0.1, 0.15) is 12.6 Å². The molecule has 4 heterocycles. The number of carbonyl (C=O) groups excluding carboxylic acids is 1. The number of rotatable bonds is 16.